The van der Waals surface area contributed by atoms with Gasteiger partial charge >= 0.3 is 0 Å². The van der Waals surface area contributed by atoms with Gasteiger partial charge in [0.1, 0.15) is 73.2 Å². The van der Waals surface area contributed by atoms with Gasteiger partial charge in [0.15, 0.2) is 18.9 Å². The molecule has 12 N–H and O–H groups in total. The lowest BCUT2D eigenvalue weighted by molar-refractivity contribution is -0.379. The molecule has 19 nitrogen and oxygen atoms in total. The summed E-state index contributed by atoms with van der Waals surface area (Å²) in [6.07, 6.45) is 22.0. The quantitative estimate of drug-likeness (QED) is 0.0222. The van der Waals surface area contributed by atoms with Crippen LogP contribution in [0.1, 0.15) is 232 Å². The summed E-state index contributed by atoms with van der Waals surface area (Å²) in [6.45, 7) is 1.69. The van der Waals surface area contributed by atoms with Gasteiger partial charge in [-0.1, -0.05) is 205 Å². The van der Waals surface area contributed by atoms with Gasteiger partial charge in [0, 0.05) is 6.42 Å². The molecule has 0 saturated carbocycles. The van der Waals surface area contributed by atoms with Gasteiger partial charge in [-0.25, -0.2) is 0 Å². The molecule has 0 aromatic rings. The second-order valence-electron chi connectivity index (χ2n) is 23.2. The fraction of sp³-hybridized carbons (Fsp3) is 0.919. The maximum Gasteiger partial charge on any atom is 0.220 e. The van der Waals surface area contributed by atoms with Crippen molar-refractivity contribution in [1.29, 1.82) is 0 Å². The van der Waals surface area contributed by atoms with Gasteiger partial charge in [0.25, 0.3) is 0 Å². The molecule has 0 aromatic heterocycles. The van der Waals surface area contributed by atoms with E-state index in [-0.39, 0.29) is 18.9 Å². The second-order valence-corrected chi connectivity index (χ2v) is 23.2. The smallest absolute Gasteiger partial charge is 0.220 e. The number of carbonyl (C=O) groups excluding carboxylic acids is 1. The molecule has 0 radical (unpaired) electrons. The Labute approximate surface area is 486 Å². The first-order valence-electron chi connectivity index (χ1n) is 32.1. The third-order valence-electron chi connectivity index (χ3n) is 16.2. The number of rotatable bonds is 48. The Morgan fingerprint density at radius 2 is 0.778 bits per heavy atom. The zero-order valence-electron chi connectivity index (χ0n) is 49.8. The zero-order valence-corrected chi connectivity index (χ0v) is 49.8. The van der Waals surface area contributed by atoms with Gasteiger partial charge in [-0.3, -0.25) is 4.79 Å². The maximum atomic E-state index is 13.3. The van der Waals surface area contributed by atoms with E-state index < -0.39 is 124 Å². The Morgan fingerprint density at radius 3 is 1.20 bits per heavy atom. The summed E-state index contributed by atoms with van der Waals surface area (Å²) in [6, 6.07) is -0.968. The fourth-order valence-corrected chi connectivity index (χ4v) is 11.0. The Balaban J connectivity index is 1.38. The SMILES string of the molecule is CCCCCCCCC/C=C/C(O)C(COC1OC(CO)C(OC2OC(CO)C(OC3OC(CO)C(O)C(O)C3O)C(O)C2O)C(O)C1O)NC(=O)CCCCCCCCCCCCCCCCC/C=C\CCCCCCCCCC. The molecule has 0 bridgehead atoms. The molecule has 476 valence electrons. The van der Waals surface area contributed by atoms with Crippen molar-refractivity contribution in [1.82, 2.24) is 5.32 Å². The molecule has 81 heavy (non-hydrogen) atoms. The first-order valence-corrected chi connectivity index (χ1v) is 32.1. The highest BCUT2D eigenvalue weighted by Gasteiger charge is 2.53. The van der Waals surface area contributed by atoms with E-state index in [4.69, 9.17) is 28.4 Å². The molecular formula is C62H115NO18. The molecule has 19 heteroatoms. The maximum absolute atomic E-state index is 13.3. The van der Waals surface area contributed by atoms with Gasteiger partial charge in [-0.05, 0) is 44.9 Å². The fourth-order valence-electron chi connectivity index (χ4n) is 11.0. The van der Waals surface area contributed by atoms with Gasteiger partial charge in [0.2, 0.25) is 5.91 Å². The van der Waals surface area contributed by atoms with E-state index in [9.17, 15) is 61.0 Å². The highest BCUT2D eigenvalue weighted by molar-refractivity contribution is 5.76. The van der Waals surface area contributed by atoms with Crippen LogP contribution in [0.15, 0.2) is 24.3 Å². The molecule has 3 aliphatic heterocycles. The largest absolute Gasteiger partial charge is 0.394 e. The van der Waals surface area contributed by atoms with Crippen molar-refractivity contribution in [3.05, 3.63) is 24.3 Å². The van der Waals surface area contributed by atoms with Crippen LogP contribution in [-0.4, -0.2) is 193 Å². The van der Waals surface area contributed by atoms with Gasteiger partial charge in [0.05, 0.1) is 38.6 Å². The summed E-state index contributed by atoms with van der Waals surface area (Å²) in [5.74, 6) is -0.276. The minimum absolute atomic E-state index is 0.246. The monoisotopic (exact) mass is 1160 g/mol. The van der Waals surface area contributed by atoms with Gasteiger partial charge in [-0.15, -0.1) is 0 Å². The topological polar surface area (TPSA) is 307 Å². The van der Waals surface area contributed by atoms with Crippen LogP contribution in [0.4, 0.5) is 0 Å². The average Bonchev–Trinajstić information content (AvgIpc) is 3.55. The number of hydrogen-bond acceptors (Lipinski definition) is 18. The summed E-state index contributed by atoms with van der Waals surface area (Å²) >= 11 is 0. The Kier molecular flexibility index (Phi) is 41.4. The van der Waals surface area contributed by atoms with Crippen LogP contribution in [0.25, 0.3) is 0 Å². The van der Waals surface area contributed by atoms with E-state index in [1.54, 1.807) is 6.08 Å². The van der Waals surface area contributed by atoms with Crippen LogP contribution in [0.2, 0.25) is 0 Å². The van der Waals surface area contributed by atoms with Crippen LogP contribution in [0.5, 0.6) is 0 Å². The Bertz CT molecular complexity index is 1580. The van der Waals surface area contributed by atoms with Crippen LogP contribution in [-0.2, 0) is 33.2 Å². The van der Waals surface area contributed by atoms with Crippen LogP contribution in [0, 0.1) is 0 Å². The van der Waals surface area contributed by atoms with Crippen LogP contribution in [0.3, 0.4) is 0 Å². The molecule has 3 fully saturated rings. The van der Waals surface area contributed by atoms with Crippen LogP contribution < -0.4 is 5.32 Å². The number of allylic oxidation sites excluding steroid dienone is 3. The summed E-state index contributed by atoms with van der Waals surface area (Å²) in [5.41, 5.74) is 0. The lowest BCUT2D eigenvalue weighted by atomic mass is 9.96. The number of amides is 1. The predicted molar refractivity (Wildman–Crippen MR) is 310 cm³/mol. The molecule has 0 spiro atoms. The highest BCUT2D eigenvalue weighted by atomic mass is 16.8. The molecule has 17 atom stereocenters. The van der Waals surface area contributed by atoms with Crippen molar-refractivity contribution in [3.63, 3.8) is 0 Å². The molecule has 3 aliphatic rings. The highest BCUT2D eigenvalue weighted by Crippen LogP contribution is 2.33. The first kappa shape index (κ1) is 73.5. The van der Waals surface area contributed by atoms with Crippen molar-refractivity contribution >= 4 is 5.91 Å². The summed E-state index contributed by atoms with van der Waals surface area (Å²) in [4.78, 5) is 13.3. The van der Waals surface area contributed by atoms with Crippen LogP contribution >= 0.6 is 0 Å². The number of nitrogens with one attached hydrogen (secondary N) is 1. The number of aliphatic hydroxyl groups is 11. The summed E-state index contributed by atoms with van der Waals surface area (Å²) in [5, 5.41) is 120. The number of ether oxygens (including phenoxy) is 6. The predicted octanol–water partition coefficient (Wildman–Crippen LogP) is 6.71. The number of unbranched alkanes of at least 4 members (excludes halogenated alkanes) is 30. The summed E-state index contributed by atoms with van der Waals surface area (Å²) in [7, 11) is 0. The van der Waals surface area contributed by atoms with Gasteiger partial charge < -0.3 is 89.9 Å². The van der Waals surface area contributed by atoms with E-state index in [1.807, 2.05) is 6.08 Å². The van der Waals surface area contributed by atoms with E-state index in [0.717, 1.165) is 44.9 Å². The number of hydrogen-bond donors (Lipinski definition) is 12. The molecule has 3 heterocycles. The number of aliphatic hydroxyl groups excluding tert-OH is 11. The lowest BCUT2D eigenvalue weighted by Crippen LogP contribution is -2.66. The number of carbonyl (C=O) groups is 1. The first-order chi connectivity index (χ1) is 39.3. The standard InChI is InChI=1S/C62H115NO18/c1-3-5-7-9-11-13-14-15-16-17-18-19-20-21-22-23-24-25-26-27-28-29-30-32-34-36-38-40-50(68)63-45(46(67)39-37-35-33-31-12-10-8-6-4-2)44-76-60-56(74)53(71)58(48(42-65)78-60)81-62-57(75)54(72)59(49(43-66)79-62)80-61-55(73)52(70)51(69)47(41-64)77-61/h17-18,37,39,45-49,51-62,64-67,69-75H,3-16,19-36,38,40-44H2,1-2H3,(H,63,68)/b18-17-,39-37+. The second kappa shape index (κ2) is 45.6. The minimum Gasteiger partial charge on any atom is -0.394 e. The Hall–Kier alpha value is -1.73. The van der Waals surface area contributed by atoms with Crippen molar-refractivity contribution in [3.8, 4) is 0 Å². The third kappa shape index (κ3) is 29.0. The van der Waals surface area contributed by atoms with Crippen molar-refractivity contribution in [2.45, 2.75) is 336 Å². The minimum atomic E-state index is -1.98. The third-order valence-corrected chi connectivity index (χ3v) is 16.2. The molecular weight excluding hydrogens is 1050 g/mol. The van der Waals surface area contributed by atoms with E-state index in [0.29, 0.717) is 6.42 Å². The molecule has 3 rings (SSSR count). The average molecular weight is 1160 g/mol. The lowest BCUT2D eigenvalue weighted by Gasteiger charge is -2.48. The van der Waals surface area contributed by atoms with Crippen molar-refractivity contribution in [2.24, 2.45) is 0 Å². The normalized spacial score (nSPS) is 29.9. The van der Waals surface area contributed by atoms with E-state index in [2.05, 4.69) is 31.3 Å². The summed E-state index contributed by atoms with van der Waals surface area (Å²) < 4.78 is 34.2. The van der Waals surface area contributed by atoms with Crippen molar-refractivity contribution < 1.29 is 89.4 Å². The molecule has 0 aliphatic carbocycles. The van der Waals surface area contributed by atoms with Gasteiger partial charge in [-0.2, -0.15) is 0 Å². The van der Waals surface area contributed by atoms with E-state index >= 15 is 0 Å². The van der Waals surface area contributed by atoms with Crippen molar-refractivity contribution in [2.75, 3.05) is 26.4 Å². The Morgan fingerprint density at radius 1 is 0.432 bits per heavy atom. The molecule has 0 aromatic carbocycles. The molecule has 3 saturated heterocycles. The molecule has 1 amide bonds. The zero-order chi connectivity index (χ0) is 59.0. The molecule has 17 unspecified atom stereocenters. The van der Waals surface area contributed by atoms with E-state index in [1.165, 1.54) is 161 Å².